The molecule has 1 aromatic rings. The second-order valence-corrected chi connectivity index (χ2v) is 4.61. The van der Waals surface area contributed by atoms with E-state index in [9.17, 15) is 9.18 Å². The number of benzene rings is 1. The molecule has 1 amide bonds. The van der Waals surface area contributed by atoms with Crippen LogP contribution in [0.1, 0.15) is 23.2 Å². The molecule has 0 bridgehead atoms. The Bertz CT molecular complexity index is 402. The van der Waals surface area contributed by atoms with Crippen LogP contribution in [0.15, 0.2) is 18.2 Å². The van der Waals surface area contributed by atoms with Crippen LogP contribution in [-0.2, 0) is 0 Å². The van der Waals surface area contributed by atoms with Gasteiger partial charge in [0.2, 0.25) is 0 Å². The summed E-state index contributed by atoms with van der Waals surface area (Å²) >= 11 is 5.70. The maximum atomic E-state index is 13.1. The van der Waals surface area contributed by atoms with Crippen molar-refractivity contribution < 1.29 is 9.18 Å². The normalized spacial score (nSPS) is 18.9. The number of carbonyl (C=O) groups excluding carboxylic acids is 1. The van der Waals surface area contributed by atoms with Gasteiger partial charge < -0.3 is 10.6 Å². The Hall–Kier alpha value is -0.840. The molecule has 2 N–H and O–H groups in total. The predicted molar refractivity (Wildman–Crippen MR) is 72.0 cm³/mol. The lowest BCUT2D eigenvalue weighted by Crippen LogP contribution is -2.45. The van der Waals surface area contributed by atoms with E-state index in [4.69, 9.17) is 11.6 Å². The van der Waals surface area contributed by atoms with Crippen LogP contribution in [0.2, 0.25) is 5.02 Å². The maximum Gasteiger partial charge on any atom is 0.251 e. The molecule has 0 spiro atoms. The van der Waals surface area contributed by atoms with E-state index in [1.165, 1.54) is 18.2 Å². The lowest BCUT2D eigenvalue weighted by Gasteiger charge is -2.23. The van der Waals surface area contributed by atoms with Crippen LogP contribution in [0.25, 0.3) is 0 Å². The molecule has 1 fully saturated rings. The smallest absolute Gasteiger partial charge is 0.251 e. The summed E-state index contributed by atoms with van der Waals surface area (Å²) < 4.78 is 13.1. The molecule has 1 aliphatic rings. The molecule has 1 saturated heterocycles. The van der Waals surface area contributed by atoms with Crippen LogP contribution in [0, 0.1) is 5.82 Å². The monoisotopic (exact) mass is 292 g/mol. The van der Waals surface area contributed by atoms with E-state index in [1.807, 2.05) is 0 Å². The minimum absolute atomic E-state index is 0. The minimum Gasteiger partial charge on any atom is -0.348 e. The zero-order valence-corrected chi connectivity index (χ0v) is 11.3. The number of amides is 1. The van der Waals surface area contributed by atoms with Crippen molar-refractivity contribution in [2.75, 3.05) is 13.1 Å². The molecule has 18 heavy (non-hydrogen) atoms. The van der Waals surface area contributed by atoms with E-state index in [2.05, 4.69) is 10.6 Å². The van der Waals surface area contributed by atoms with Crippen LogP contribution >= 0.6 is 24.0 Å². The third-order valence-corrected chi connectivity index (χ3v) is 2.98. The number of rotatable bonds is 2. The third-order valence-electron chi connectivity index (χ3n) is 2.76. The number of hydrogen-bond donors (Lipinski definition) is 2. The summed E-state index contributed by atoms with van der Waals surface area (Å²) in [5.41, 5.74) is 0.264. The first kappa shape index (κ1) is 15.2. The standard InChI is InChI=1S/C12H14ClFN2O.ClH/c13-9-4-8(5-10(14)6-9)12(17)16-11-2-1-3-15-7-11;/h4-6,11,15H,1-3,7H2,(H,16,17);1H/t11-;/m0./s1. The number of carbonyl (C=O) groups is 1. The first-order valence-electron chi connectivity index (χ1n) is 5.63. The second kappa shape index (κ2) is 6.92. The lowest BCUT2D eigenvalue weighted by molar-refractivity contribution is 0.0930. The molecule has 0 aliphatic carbocycles. The maximum absolute atomic E-state index is 13.1. The first-order chi connectivity index (χ1) is 8.15. The average molecular weight is 293 g/mol. The molecule has 1 atom stereocenters. The van der Waals surface area contributed by atoms with Crippen LogP contribution < -0.4 is 10.6 Å². The van der Waals surface area contributed by atoms with Gasteiger partial charge in [0.15, 0.2) is 0 Å². The van der Waals surface area contributed by atoms with E-state index >= 15 is 0 Å². The fourth-order valence-corrected chi connectivity index (χ4v) is 2.15. The molecule has 0 radical (unpaired) electrons. The van der Waals surface area contributed by atoms with Gasteiger partial charge in [-0.25, -0.2) is 4.39 Å². The minimum atomic E-state index is -0.496. The lowest BCUT2D eigenvalue weighted by atomic mass is 10.1. The molecule has 1 heterocycles. The SMILES string of the molecule is Cl.O=C(N[C@H]1CCCNC1)c1cc(F)cc(Cl)c1. The molecule has 1 aliphatic heterocycles. The van der Waals surface area contributed by atoms with Gasteiger partial charge in [0, 0.05) is 23.2 Å². The number of piperidine rings is 1. The Balaban J connectivity index is 0.00000162. The quantitative estimate of drug-likeness (QED) is 0.879. The molecule has 6 heteroatoms. The summed E-state index contributed by atoms with van der Waals surface area (Å²) in [6.45, 7) is 1.74. The molecule has 0 saturated carbocycles. The Kier molecular flexibility index (Phi) is 5.85. The van der Waals surface area contributed by atoms with Gasteiger partial charge in [-0.2, -0.15) is 0 Å². The van der Waals surface area contributed by atoms with Crippen LogP contribution in [0.5, 0.6) is 0 Å². The highest BCUT2D eigenvalue weighted by molar-refractivity contribution is 6.31. The van der Waals surface area contributed by atoms with Crippen LogP contribution in [-0.4, -0.2) is 25.0 Å². The summed E-state index contributed by atoms with van der Waals surface area (Å²) in [7, 11) is 0. The van der Waals surface area contributed by atoms with Gasteiger partial charge in [-0.3, -0.25) is 4.79 Å². The Morgan fingerprint density at radius 2 is 2.22 bits per heavy atom. The highest BCUT2D eigenvalue weighted by atomic mass is 35.5. The van der Waals surface area contributed by atoms with E-state index < -0.39 is 5.82 Å². The van der Waals surface area contributed by atoms with E-state index in [1.54, 1.807) is 0 Å². The Morgan fingerprint density at radius 1 is 1.44 bits per heavy atom. The molecule has 3 nitrogen and oxygen atoms in total. The molecule has 2 rings (SSSR count). The van der Waals surface area contributed by atoms with Crippen LogP contribution in [0.3, 0.4) is 0 Å². The van der Waals surface area contributed by atoms with Crippen molar-refractivity contribution in [3.8, 4) is 0 Å². The highest BCUT2D eigenvalue weighted by Gasteiger charge is 2.16. The van der Waals surface area contributed by atoms with Crippen molar-refractivity contribution in [3.05, 3.63) is 34.6 Å². The van der Waals surface area contributed by atoms with E-state index in [0.717, 1.165) is 25.9 Å². The fraction of sp³-hybridized carbons (Fsp3) is 0.417. The number of hydrogen-bond acceptors (Lipinski definition) is 2. The van der Waals surface area contributed by atoms with Crippen molar-refractivity contribution in [3.63, 3.8) is 0 Å². The van der Waals surface area contributed by atoms with Crippen molar-refractivity contribution in [2.24, 2.45) is 0 Å². The Morgan fingerprint density at radius 3 is 2.83 bits per heavy atom. The van der Waals surface area contributed by atoms with Gasteiger partial charge >= 0.3 is 0 Å². The van der Waals surface area contributed by atoms with Gasteiger partial charge in [0.05, 0.1) is 0 Å². The molecule has 0 aromatic heterocycles. The summed E-state index contributed by atoms with van der Waals surface area (Å²) in [5, 5.41) is 6.30. The van der Waals surface area contributed by atoms with Gasteiger partial charge in [0.1, 0.15) is 5.82 Å². The zero-order valence-electron chi connectivity index (χ0n) is 9.71. The van der Waals surface area contributed by atoms with Gasteiger partial charge in [-0.1, -0.05) is 11.6 Å². The van der Waals surface area contributed by atoms with Crippen molar-refractivity contribution >= 4 is 29.9 Å². The second-order valence-electron chi connectivity index (χ2n) is 4.17. The summed E-state index contributed by atoms with van der Waals surface area (Å²) in [4.78, 5) is 11.9. The van der Waals surface area contributed by atoms with Gasteiger partial charge in [-0.05, 0) is 37.6 Å². The fourth-order valence-electron chi connectivity index (χ4n) is 1.93. The predicted octanol–water partition coefficient (Wildman–Crippen LogP) is 2.38. The molecular weight excluding hydrogens is 278 g/mol. The largest absolute Gasteiger partial charge is 0.348 e. The molecule has 100 valence electrons. The van der Waals surface area contributed by atoms with E-state index in [0.29, 0.717) is 0 Å². The average Bonchev–Trinajstić information content (AvgIpc) is 2.29. The molecular formula is C12H15Cl2FN2O. The first-order valence-corrected chi connectivity index (χ1v) is 6.00. The highest BCUT2D eigenvalue weighted by Crippen LogP contribution is 2.14. The summed E-state index contributed by atoms with van der Waals surface area (Å²) in [6, 6.07) is 3.95. The summed E-state index contributed by atoms with van der Waals surface area (Å²) in [6.07, 6.45) is 1.98. The Labute approximate surface area is 116 Å². The van der Waals surface area contributed by atoms with Gasteiger partial charge in [-0.15, -0.1) is 12.4 Å². The van der Waals surface area contributed by atoms with Crippen molar-refractivity contribution in [2.45, 2.75) is 18.9 Å². The topological polar surface area (TPSA) is 41.1 Å². The number of nitrogens with one attached hydrogen (secondary N) is 2. The summed E-state index contributed by atoms with van der Waals surface area (Å²) in [5.74, 6) is -0.774. The number of halogens is 3. The van der Waals surface area contributed by atoms with Crippen LogP contribution in [0.4, 0.5) is 4.39 Å². The van der Waals surface area contributed by atoms with Gasteiger partial charge in [0.25, 0.3) is 5.91 Å². The molecule has 1 aromatic carbocycles. The van der Waals surface area contributed by atoms with Crippen molar-refractivity contribution in [1.82, 2.24) is 10.6 Å². The van der Waals surface area contributed by atoms with Crippen molar-refractivity contribution in [1.29, 1.82) is 0 Å². The zero-order chi connectivity index (χ0) is 12.3. The molecule has 0 unspecified atom stereocenters. The van der Waals surface area contributed by atoms with E-state index in [-0.39, 0.29) is 34.9 Å². The third kappa shape index (κ3) is 4.12.